The summed E-state index contributed by atoms with van der Waals surface area (Å²) in [6.45, 7) is 6.18. The van der Waals surface area contributed by atoms with Crippen molar-refractivity contribution in [2.75, 3.05) is 5.32 Å². The Morgan fingerprint density at radius 2 is 2.05 bits per heavy atom. The molecule has 0 aliphatic rings. The van der Waals surface area contributed by atoms with E-state index in [1.54, 1.807) is 30.9 Å². The molecule has 0 aliphatic heterocycles. The highest BCUT2D eigenvalue weighted by Crippen LogP contribution is 2.19. The molecule has 22 heavy (non-hydrogen) atoms. The van der Waals surface area contributed by atoms with Gasteiger partial charge in [0.2, 0.25) is 0 Å². The largest absolute Gasteiger partial charge is 0.364 e. The second-order valence-electron chi connectivity index (χ2n) is 6.12. The molecule has 0 bridgehead atoms. The summed E-state index contributed by atoms with van der Waals surface area (Å²) >= 11 is 0. The molecule has 0 radical (unpaired) electrons. The lowest BCUT2D eigenvalue weighted by molar-refractivity contribution is 0.112. The van der Waals surface area contributed by atoms with Gasteiger partial charge in [-0.3, -0.25) is 14.3 Å². The molecular formula is C16H17N5O. The first kappa shape index (κ1) is 14.2. The van der Waals surface area contributed by atoms with Crippen molar-refractivity contribution >= 4 is 23.1 Å². The Balaban J connectivity index is 2.07. The number of nitrogens with zero attached hydrogens (tertiary/aromatic N) is 4. The molecule has 0 saturated heterocycles. The number of aldehydes is 1. The van der Waals surface area contributed by atoms with Gasteiger partial charge in [-0.1, -0.05) is 0 Å². The maximum absolute atomic E-state index is 11.0. The van der Waals surface area contributed by atoms with Crippen molar-refractivity contribution in [2.24, 2.45) is 0 Å². The van der Waals surface area contributed by atoms with Crippen LogP contribution in [0.15, 0.2) is 36.9 Å². The van der Waals surface area contributed by atoms with Crippen molar-refractivity contribution in [3.05, 3.63) is 42.5 Å². The highest BCUT2D eigenvalue weighted by molar-refractivity contribution is 5.85. The van der Waals surface area contributed by atoms with Crippen LogP contribution >= 0.6 is 0 Å². The second kappa shape index (κ2) is 5.22. The van der Waals surface area contributed by atoms with Crippen molar-refractivity contribution in [2.45, 2.75) is 26.3 Å². The lowest BCUT2D eigenvalue weighted by atomic mass is 10.1. The summed E-state index contributed by atoms with van der Waals surface area (Å²) in [7, 11) is 0. The number of hydrogen-bond donors (Lipinski definition) is 1. The Kier molecular flexibility index (Phi) is 3.36. The predicted octanol–water partition coefficient (Wildman–Crippen LogP) is 2.84. The molecule has 2 aromatic heterocycles. The quantitative estimate of drug-likeness (QED) is 0.752. The minimum Gasteiger partial charge on any atom is -0.364 e. The number of benzene rings is 1. The standard InChI is InChI=1S/C16H17N5O/c1-16(2,3)20-14-7-17-8-15(19-14)21-10-18-12-5-4-11(9-22)6-13(12)21/h4-10H,1-3H3,(H,19,20). The van der Waals surface area contributed by atoms with E-state index in [1.165, 1.54) is 0 Å². The van der Waals surface area contributed by atoms with Crippen LogP contribution in [0.1, 0.15) is 31.1 Å². The smallest absolute Gasteiger partial charge is 0.159 e. The lowest BCUT2D eigenvalue weighted by Crippen LogP contribution is -2.26. The molecule has 0 fully saturated rings. The monoisotopic (exact) mass is 295 g/mol. The fourth-order valence-electron chi connectivity index (χ4n) is 2.20. The third-order valence-electron chi connectivity index (χ3n) is 3.08. The normalized spacial score (nSPS) is 11.6. The molecule has 0 aliphatic carbocycles. The lowest BCUT2D eigenvalue weighted by Gasteiger charge is -2.21. The average Bonchev–Trinajstić information content (AvgIpc) is 2.88. The number of fused-ring (bicyclic) bond motifs is 1. The Bertz CT molecular complexity index is 832. The summed E-state index contributed by atoms with van der Waals surface area (Å²) < 4.78 is 1.82. The molecule has 0 amide bonds. The highest BCUT2D eigenvalue weighted by atomic mass is 16.1. The zero-order valence-corrected chi connectivity index (χ0v) is 12.7. The van der Waals surface area contributed by atoms with Crippen LogP contribution in [0, 0.1) is 0 Å². The van der Waals surface area contributed by atoms with E-state index in [-0.39, 0.29) is 5.54 Å². The molecule has 1 N–H and O–H groups in total. The van der Waals surface area contributed by atoms with Gasteiger partial charge in [-0.25, -0.2) is 9.97 Å². The van der Waals surface area contributed by atoms with Crippen LogP contribution in [-0.2, 0) is 0 Å². The van der Waals surface area contributed by atoms with Gasteiger partial charge in [0, 0.05) is 11.1 Å². The van der Waals surface area contributed by atoms with Crippen LogP contribution in [-0.4, -0.2) is 31.3 Å². The van der Waals surface area contributed by atoms with Gasteiger partial charge in [-0.15, -0.1) is 0 Å². The number of carbonyl (C=O) groups is 1. The predicted molar refractivity (Wildman–Crippen MR) is 85.4 cm³/mol. The van der Waals surface area contributed by atoms with E-state index in [0.717, 1.165) is 17.3 Å². The fourth-order valence-corrected chi connectivity index (χ4v) is 2.20. The zero-order valence-electron chi connectivity index (χ0n) is 12.7. The number of carbonyl (C=O) groups excluding carboxylic acids is 1. The van der Waals surface area contributed by atoms with Gasteiger partial charge in [0.1, 0.15) is 18.4 Å². The van der Waals surface area contributed by atoms with Gasteiger partial charge < -0.3 is 5.32 Å². The number of anilines is 1. The highest BCUT2D eigenvalue weighted by Gasteiger charge is 2.12. The first-order chi connectivity index (χ1) is 10.5. The van der Waals surface area contributed by atoms with Crippen LogP contribution in [0.3, 0.4) is 0 Å². The summed E-state index contributed by atoms with van der Waals surface area (Å²) in [5, 5.41) is 3.29. The van der Waals surface area contributed by atoms with Gasteiger partial charge in [0.15, 0.2) is 5.82 Å². The first-order valence-corrected chi connectivity index (χ1v) is 6.99. The molecule has 6 heteroatoms. The van der Waals surface area contributed by atoms with E-state index in [1.807, 2.05) is 10.6 Å². The van der Waals surface area contributed by atoms with Gasteiger partial charge in [0.05, 0.1) is 23.4 Å². The van der Waals surface area contributed by atoms with E-state index in [0.29, 0.717) is 17.2 Å². The number of hydrogen-bond acceptors (Lipinski definition) is 5. The Labute approximate surface area is 128 Å². The Hall–Kier alpha value is -2.76. The summed E-state index contributed by atoms with van der Waals surface area (Å²) in [4.78, 5) is 24.1. The van der Waals surface area contributed by atoms with E-state index in [4.69, 9.17) is 0 Å². The van der Waals surface area contributed by atoms with Crippen molar-refractivity contribution in [3.8, 4) is 5.82 Å². The molecule has 6 nitrogen and oxygen atoms in total. The van der Waals surface area contributed by atoms with E-state index >= 15 is 0 Å². The molecule has 2 heterocycles. The first-order valence-electron chi connectivity index (χ1n) is 6.99. The molecule has 1 aromatic carbocycles. The van der Waals surface area contributed by atoms with E-state index in [9.17, 15) is 4.79 Å². The summed E-state index contributed by atoms with van der Waals surface area (Å²) in [5.41, 5.74) is 2.13. The van der Waals surface area contributed by atoms with Crippen LogP contribution in [0.2, 0.25) is 0 Å². The topological polar surface area (TPSA) is 72.7 Å². The number of aromatic nitrogens is 4. The van der Waals surface area contributed by atoms with Crippen molar-refractivity contribution in [1.82, 2.24) is 19.5 Å². The van der Waals surface area contributed by atoms with Crippen LogP contribution in [0.25, 0.3) is 16.9 Å². The average molecular weight is 295 g/mol. The summed E-state index contributed by atoms with van der Waals surface area (Å²) in [5.74, 6) is 1.35. The number of imidazole rings is 1. The summed E-state index contributed by atoms with van der Waals surface area (Å²) in [6, 6.07) is 5.36. The van der Waals surface area contributed by atoms with E-state index in [2.05, 4.69) is 41.0 Å². The van der Waals surface area contributed by atoms with Crippen LogP contribution < -0.4 is 5.32 Å². The molecule has 3 rings (SSSR count). The van der Waals surface area contributed by atoms with Gasteiger partial charge in [-0.2, -0.15) is 0 Å². The van der Waals surface area contributed by atoms with Crippen LogP contribution in [0.4, 0.5) is 5.82 Å². The van der Waals surface area contributed by atoms with Gasteiger partial charge in [0.25, 0.3) is 0 Å². The maximum atomic E-state index is 11.0. The van der Waals surface area contributed by atoms with Crippen molar-refractivity contribution < 1.29 is 4.79 Å². The van der Waals surface area contributed by atoms with Gasteiger partial charge in [-0.05, 0) is 39.0 Å². The second-order valence-corrected chi connectivity index (χ2v) is 6.12. The third kappa shape index (κ3) is 2.81. The molecular weight excluding hydrogens is 278 g/mol. The fraction of sp³-hybridized carbons (Fsp3) is 0.250. The Morgan fingerprint density at radius 1 is 1.23 bits per heavy atom. The molecule has 0 saturated carbocycles. The van der Waals surface area contributed by atoms with Gasteiger partial charge >= 0.3 is 0 Å². The third-order valence-corrected chi connectivity index (χ3v) is 3.08. The molecule has 0 spiro atoms. The molecule has 112 valence electrons. The molecule has 0 atom stereocenters. The molecule has 0 unspecified atom stereocenters. The maximum Gasteiger partial charge on any atom is 0.159 e. The van der Waals surface area contributed by atoms with Crippen molar-refractivity contribution in [3.63, 3.8) is 0 Å². The van der Waals surface area contributed by atoms with Crippen molar-refractivity contribution in [1.29, 1.82) is 0 Å². The number of nitrogens with one attached hydrogen (secondary N) is 1. The SMILES string of the molecule is CC(C)(C)Nc1cncc(-n2cnc3ccc(C=O)cc32)n1. The van der Waals surface area contributed by atoms with Crippen LogP contribution in [0.5, 0.6) is 0 Å². The minimum atomic E-state index is -0.102. The van der Waals surface area contributed by atoms with E-state index < -0.39 is 0 Å². The summed E-state index contributed by atoms with van der Waals surface area (Å²) in [6.07, 6.45) is 5.86. The zero-order chi connectivity index (χ0) is 15.7. The Morgan fingerprint density at radius 3 is 2.77 bits per heavy atom. The molecule has 3 aromatic rings. The number of rotatable bonds is 3. The minimum absolute atomic E-state index is 0.102.